The second kappa shape index (κ2) is 5.80. The van der Waals surface area contributed by atoms with Crippen molar-refractivity contribution in [1.29, 1.82) is 0 Å². The molecule has 0 spiro atoms. The van der Waals surface area contributed by atoms with E-state index in [4.69, 9.17) is 0 Å². The number of nitrogens with zero attached hydrogens (tertiary/aromatic N) is 1. The Balaban J connectivity index is 2.11. The van der Waals surface area contributed by atoms with Crippen molar-refractivity contribution in [2.24, 2.45) is 0 Å². The molecule has 1 amide bonds. The summed E-state index contributed by atoms with van der Waals surface area (Å²) in [4.78, 5) is 15.2. The van der Waals surface area contributed by atoms with E-state index in [1.54, 1.807) is 33.6 Å². The fraction of sp³-hybridized carbons (Fsp3) is 0.154. The van der Waals surface area contributed by atoms with E-state index in [-0.39, 0.29) is 5.91 Å². The number of rotatable bonds is 5. The van der Waals surface area contributed by atoms with Gasteiger partial charge in [-0.2, -0.15) is 11.3 Å². The summed E-state index contributed by atoms with van der Waals surface area (Å²) in [5.41, 5.74) is 0.758. The molecule has 2 nitrogen and oxygen atoms in total. The third-order valence-electron chi connectivity index (χ3n) is 2.33. The first kappa shape index (κ1) is 12.1. The molecule has 0 atom stereocenters. The van der Waals surface area contributed by atoms with Gasteiger partial charge in [0.1, 0.15) is 0 Å². The minimum Gasteiger partial charge on any atom is -0.330 e. The van der Waals surface area contributed by atoms with Gasteiger partial charge in [-0.3, -0.25) is 4.79 Å². The number of hydrogen-bond donors (Lipinski definition) is 0. The standard InChI is InChI=1S/C13H13NOS2/c1-2-6-14(9-12-4-3-7-17-12)13(15)11-5-8-16-10-11/h2-5,7-8,10H,1,6,9H2. The molecule has 0 aliphatic carbocycles. The van der Waals surface area contributed by atoms with Crippen LogP contribution < -0.4 is 0 Å². The van der Waals surface area contributed by atoms with Crippen LogP contribution in [0.5, 0.6) is 0 Å². The van der Waals surface area contributed by atoms with E-state index in [2.05, 4.69) is 6.58 Å². The van der Waals surface area contributed by atoms with E-state index in [1.807, 2.05) is 34.3 Å². The van der Waals surface area contributed by atoms with Crippen LogP contribution in [-0.4, -0.2) is 17.4 Å². The second-order valence-corrected chi connectivity index (χ2v) is 5.38. The Morgan fingerprint density at radius 1 is 1.41 bits per heavy atom. The van der Waals surface area contributed by atoms with Gasteiger partial charge in [-0.15, -0.1) is 17.9 Å². The van der Waals surface area contributed by atoms with E-state index >= 15 is 0 Å². The zero-order chi connectivity index (χ0) is 12.1. The minimum atomic E-state index is 0.0690. The normalized spacial score (nSPS) is 10.1. The quantitative estimate of drug-likeness (QED) is 0.754. The maximum Gasteiger partial charge on any atom is 0.255 e. The molecule has 4 heteroatoms. The van der Waals surface area contributed by atoms with Crippen molar-refractivity contribution in [1.82, 2.24) is 4.90 Å². The van der Waals surface area contributed by atoms with Crippen LogP contribution in [0.4, 0.5) is 0 Å². The van der Waals surface area contributed by atoms with Gasteiger partial charge >= 0.3 is 0 Å². The summed E-state index contributed by atoms with van der Waals surface area (Å²) in [6.07, 6.45) is 1.76. The van der Waals surface area contributed by atoms with Gasteiger partial charge < -0.3 is 4.90 Å². The summed E-state index contributed by atoms with van der Waals surface area (Å²) in [5.74, 6) is 0.0690. The smallest absolute Gasteiger partial charge is 0.255 e. The van der Waals surface area contributed by atoms with E-state index in [0.29, 0.717) is 13.1 Å². The summed E-state index contributed by atoms with van der Waals surface area (Å²) < 4.78 is 0. The lowest BCUT2D eigenvalue weighted by Crippen LogP contribution is -2.30. The SMILES string of the molecule is C=CCN(Cc1cccs1)C(=O)c1ccsc1. The van der Waals surface area contributed by atoms with Gasteiger partial charge in [0.25, 0.3) is 5.91 Å². The molecular weight excluding hydrogens is 250 g/mol. The predicted molar refractivity (Wildman–Crippen MR) is 73.6 cm³/mol. The second-order valence-electron chi connectivity index (χ2n) is 3.57. The number of hydrogen-bond acceptors (Lipinski definition) is 3. The lowest BCUT2D eigenvalue weighted by atomic mass is 10.3. The molecule has 0 radical (unpaired) electrons. The first-order valence-corrected chi connectivity index (χ1v) is 7.08. The van der Waals surface area contributed by atoms with Crippen molar-refractivity contribution in [2.75, 3.05) is 6.54 Å². The highest BCUT2D eigenvalue weighted by molar-refractivity contribution is 7.09. The molecule has 2 aromatic heterocycles. The van der Waals surface area contributed by atoms with Crippen molar-refractivity contribution in [3.8, 4) is 0 Å². The molecule has 2 aromatic rings. The van der Waals surface area contributed by atoms with Crippen LogP contribution in [0.1, 0.15) is 15.2 Å². The summed E-state index contributed by atoms with van der Waals surface area (Å²) in [5, 5.41) is 5.83. The molecule has 2 rings (SSSR count). The molecule has 0 aliphatic rings. The fourth-order valence-electron chi connectivity index (χ4n) is 1.53. The highest BCUT2D eigenvalue weighted by Crippen LogP contribution is 2.15. The molecule has 0 N–H and O–H groups in total. The number of carbonyl (C=O) groups excluding carboxylic acids is 1. The maximum atomic E-state index is 12.2. The zero-order valence-corrected chi connectivity index (χ0v) is 11.0. The van der Waals surface area contributed by atoms with Crippen LogP contribution in [0.15, 0.2) is 47.0 Å². The van der Waals surface area contributed by atoms with Gasteiger partial charge in [-0.1, -0.05) is 12.1 Å². The highest BCUT2D eigenvalue weighted by Gasteiger charge is 2.15. The van der Waals surface area contributed by atoms with Gasteiger partial charge in [0.2, 0.25) is 0 Å². The van der Waals surface area contributed by atoms with Gasteiger partial charge in [-0.05, 0) is 22.9 Å². The molecular formula is C13H13NOS2. The molecule has 0 saturated carbocycles. The average molecular weight is 263 g/mol. The van der Waals surface area contributed by atoms with Crippen LogP contribution in [0.3, 0.4) is 0 Å². The topological polar surface area (TPSA) is 20.3 Å². The molecule has 88 valence electrons. The van der Waals surface area contributed by atoms with E-state index < -0.39 is 0 Å². The van der Waals surface area contributed by atoms with Gasteiger partial charge in [0.05, 0.1) is 12.1 Å². The van der Waals surface area contributed by atoms with Crippen LogP contribution in [0.2, 0.25) is 0 Å². The molecule has 0 aliphatic heterocycles. The molecule has 17 heavy (non-hydrogen) atoms. The van der Waals surface area contributed by atoms with Gasteiger partial charge in [0, 0.05) is 16.8 Å². The lowest BCUT2D eigenvalue weighted by Gasteiger charge is -2.19. The molecule has 0 bridgehead atoms. The third-order valence-corrected chi connectivity index (χ3v) is 3.88. The fourth-order valence-corrected chi connectivity index (χ4v) is 2.88. The Bertz CT molecular complexity index is 474. The minimum absolute atomic E-state index is 0.0690. The maximum absolute atomic E-state index is 12.2. The van der Waals surface area contributed by atoms with Crippen molar-refractivity contribution in [2.45, 2.75) is 6.54 Å². The monoisotopic (exact) mass is 263 g/mol. The Morgan fingerprint density at radius 2 is 2.29 bits per heavy atom. The van der Waals surface area contributed by atoms with Crippen LogP contribution >= 0.6 is 22.7 Å². The highest BCUT2D eigenvalue weighted by atomic mass is 32.1. The Hall–Kier alpha value is -1.39. The van der Waals surface area contributed by atoms with Crippen molar-refractivity contribution >= 4 is 28.6 Å². The summed E-state index contributed by atoms with van der Waals surface area (Å²) in [6.45, 7) is 4.93. The largest absolute Gasteiger partial charge is 0.330 e. The first-order chi connectivity index (χ1) is 8.31. The summed E-state index contributed by atoms with van der Waals surface area (Å²) in [6, 6.07) is 5.90. The van der Waals surface area contributed by atoms with E-state index in [1.165, 1.54) is 4.88 Å². The van der Waals surface area contributed by atoms with E-state index in [0.717, 1.165) is 5.56 Å². The predicted octanol–water partition coefficient (Wildman–Crippen LogP) is 3.64. The van der Waals surface area contributed by atoms with Gasteiger partial charge in [-0.25, -0.2) is 0 Å². The lowest BCUT2D eigenvalue weighted by molar-refractivity contribution is 0.0765. The Kier molecular flexibility index (Phi) is 4.12. The van der Waals surface area contributed by atoms with Crippen molar-refractivity contribution < 1.29 is 4.79 Å². The molecule has 0 unspecified atom stereocenters. The molecule has 2 heterocycles. The molecule has 0 fully saturated rings. The summed E-state index contributed by atoms with van der Waals surface area (Å²) >= 11 is 3.21. The molecule has 0 aromatic carbocycles. The van der Waals surface area contributed by atoms with Crippen LogP contribution in [0, 0.1) is 0 Å². The Morgan fingerprint density at radius 3 is 2.88 bits per heavy atom. The molecule has 0 saturated heterocycles. The third kappa shape index (κ3) is 3.05. The first-order valence-electron chi connectivity index (χ1n) is 5.26. The number of amides is 1. The Labute approximate surface area is 109 Å². The average Bonchev–Trinajstić information content (AvgIpc) is 3.00. The van der Waals surface area contributed by atoms with Gasteiger partial charge in [0.15, 0.2) is 0 Å². The van der Waals surface area contributed by atoms with Crippen molar-refractivity contribution in [3.05, 3.63) is 57.4 Å². The van der Waals surface area contributed by atoms with Crippen molar-refractivity contribution in [3.63, 3.8) is 0 Å². The zero-order valence-electron chi connectivity index (χ0n) is 9.33. The van der Waals surface area contributed by atoms with Crippen LogP contribution in [-0.2, 0) is 6.54 Å². The summed E-state index contributed by atoms with van der Waals surface area (Å²) in [7, 11) is 0. The number of carbonyl (C=O) groups is 1. The van der Waals surface area contributed by atoms with Crippen LogP contribution in [0.25, 0.3) is 0 Å². The number of thiophene rings is 2. The van der Waals surface area contributed by atoms with E-state index in [9.17, 15) is 4.79 Å².